The SMILES string of the molecule is CN1C(=O)Cc2cc(C(=O)CN=[N+]=[N-])ccc21. The van der Waals surface area contributed by atoms with E-state index in [0.29, 0.717) is 12.0 Å². The van der Waals surface area contributed by atoms with Gasteiger partial charge in [0.05, 0.1) is 13.0 Å². The van der Waals surface area contributed by atoms with Crippen molar-refractivity contribution in [2.45, 2.75) is 6.42 Å². The summed E-state index contributed by atoms with van der Waals surface area (Å²) < 4.78 is 0. The summed E-state index contributed by atoms with van der Waals surface area (Å²) in [5, 5.41) is 3.23. The molecule has 0 aromatic heterocycles. The summed E-state index contributed by atoms with van der Waals surface area (Å²) in [4.78, 5) is 27.2. The highest BCUT2D eigenvalue weighted by Gasteiger charge is 2.24. The Morgan fingerprint density at radius 3 is 3.06 bits per heavy atom. The zero-order chi connectivity index (χ0) is 12.4. The van der Waals surface area contributed by atoms with Crippen molar-refractivity contribution in [1.82, 2.24) is 0 Å². The lowest BCUT2D eigenvalue weighted by atomic mass is 10.1. The molecule has 6 nitrogen and oxygen atoms in total. The van der Waals surface area contributed by atoms with E-state index in [-0.39, 0.29) is 18.2 Å². The topological polar surface area (TPSA) is 86.1 Å². The summed E-state index contributed by atoms with van der Waals surface area (Å²) in [6, 6.07) is 5.07. The first-order valence-corrected chi connectivity index (χ1v) is 5.07. The maximum atomic E-state index is 11.6. The normalized spacial score (nSPS) is 13.2. The minimum Gasteiger partial charge on any atom is -0.315 e. The number of amides is 1. The van der Waals surface area contributed by atoms with E-state index >= 15 is 0 Å². The van der Waals surface area contributed by atoms with E-state index in [0.717, 1.165) is 11.3 Å². The Kier molecular flexibility index (Phi) is 2.80. The summed E-state index contributed by atoms with van der Waals surface area (Å²) >= 11 is 0. The maximum Gasteiger partial charge on any atom is 0.231 e. The van der Waals surface area contributed by atoms with E-state index in [1.165, 1.54) is 0 Å². The average molecular weight is 230 g/mol. The Morgan fingerprint density at radius 1 is 1.59 bits per heavy atom. The molecule has 0 bridgehead atoms. The molecule has 1 aromatic rings. The molecule has 17 heavy (non-hydrogen) atoms. The minimum atomic E-state index is -0.243. The van der Waals surface area contributed by atoms with Crippen LogP contribution in [0.3, 0.4) is 0 Å². The molecule has 6 heteroatoms. The van der Waals surface area contributed by atoms with Gasteiger partial charge >= 0.3 is 0 Å². The summed E-state index contributed by atoms with van der Waals surface area (Å²) in [5.74, 6) is -0.229. The van der Waals surface area contributed by atoms with Gasteiger partial charge in [-0.2, -0.15) is 0 Å². The van der Waals surface area contributed by atoms with Gasteiger partial charge in [0.25, 0.3) is 0 Å². The van der Waals surface area contributed by atoms with E-state index in [4.69, 9.17) is 5.53 Å². The molecule has 0 saturated heterocycles. The predicted molar refractivity (Wildman–Crippen MR) is 61.9 cm³/mol. The van der Waals surface area contributed by atoms with Crippen LogP contribution in [0.25, 0.3) is 10.4 Å². The fraction of sp³-hybridized carbons (Fsp3) is 0.273. The average Bonchev–Trinajstić information content (AvgIpc) is 2.61. The molecule has 0 N–H and O–H groups in total. The van der Waals surface area contributed by atoms with Gasteiger partial charge in [0.2, 0.25) is 5.91 Å². The van der Waals surface area contributed by atoms with Crippen molar-refractivity contribution in [3.05, 3.63) is 39.8 Å². The third-order valence-electron chi connectivity index (χ3n) is 2.76. The van der Waals surface area contributed by atoms with Crippen molar-refractivity contribution in [3.63, 3.8) is 0 Å². The van der Waals surface area contributed by atoms with Crippen LogP contribution in [-0.4, -0.2) is 25.3 Å². The van der Waals surface area contributed by atoms with Crippen molar-refractivity contribution in [3.8, 4) is 0 Å². The van der Waals surface area contributed by atoms with Gasteiger partial charge < -0.3 is 4.90 Å². The van der Waals surface area contributed by atoms with Crippen LogP contribution in [0.4, 0.5) is 5.69 Å². The molecule has 0 saturated carbocycles. The molecule has 1 heterocycles. The highest BCUT2D eigenvalue weighted by molar-refractivity contribution is 6.03. The van der Waals surface area contributed by atoms with E-state index < -0.39 is 0 Å². The van der Waals surface area contributed by atoms with Gasteiger partial charge in [0, 0.05) is 23.2 Å². The van der Waals surface area contributed by atoms with Crippen LogP contribution in [0.2, 0.25) is 0 Å². The monoisotopic (exact) mass is 230 g/mol. The van der Waals surface area contributed by atoms with Crippen molar-refractivity contribution >= 4 is 17.4 Å². The standard InChI is InChI=1S/C11H10N4O2/c1-15-9-3-2-7(10(16)6-13-14-12)4-8(9)5-11(15)17/h2-4H,5-6H2,1H3. The lowest BCUT2D eigenvalue weighted by Gasteiger charge is -2.09. The molecule has 0 fully saturated rings. The van der Waals surface area contributed by atoms with Crippen molar-refractivity contribution < 1.29 is 9.59 Å². The molecule has 1 aliphatic rings. The number of rotatable bonds is 3. The van der Waals surface area contributed by atoms with E-state index in [2.05, 4.69) is 10.0 Å². The second-order valence-corrected chi connectivity index (χ2v) is 3.79. The molecule has 1 aromatic carbocycles. The maximum absolute atomic E-state index is 11.6. The third kappa shape index (κ3) is 1.98. The number of carbonyl (C=O) groups excluding carboxylic acids is 2. The van der Waals surface area contributed by atoms with Crippen molar-refractivity contribution in [2.75, 3.05) is 18.5 Å². The predicted octanol–water partition coefficient (Wildman–Crippen LogP) is 1.70. The third-order valence-corrected chi connectivity index (χ3v) is 2.76. The molecular formula is C11H10N4O2. The van der Waals surface area contributed by atoms with E-state index in [1.807, 2.05) is 0 Å². The number of ketones is 1. The van der Waals surface area contributed by atoms with Gasteiger partial charge in [-0.05, 0) is 29.3 Å². The van der Waals surface area contributed by atoms with Gasteiger partial charge in [-0.3, -0.25) is 9.59 Å². The molecule has 86 valence electrons. The first kappa shape index (κ1) is 11.2. The molecule has 1 amide bonds. The Hall–Kier alpha value is -2.33. The van der Waals surface area contributed by atoms with Crippen molar-refractivity contribution in [2.24, 2.45) is 5.11 Å². The smallest absolute Gasteiger partial charge is 0.231 e. The number of nitrogens with zero attached hydrogens (tertiary/aromatic N) is 4. The first-order chi connectivity index (χ1) is 8.13. The number of azide groups is 1. The molecular weight excluding hydrogens is 220 g/mol. The second kappa shape index (κ2) is 4.27. The number of Topliss-reactive ketones (excluding diaryl/α,β-unsaturated/α-hetero) is 1. The highest BCUT2D eigenvalue weighted by Crippen LogP contribution is 2.28. The Morgan fingerprint density at radius 2 is 2.35 bits per heavy atom. The van der Waals surface area contributed by atoms with Crippen LogP contribution in [0.1, 0.15) is 15.9 Å². The lowest BCUT2D eigenvalue weighted by Crippen LogP contribution is -2.20. The molecule has 0 radical (unpaired) electrons. The van der Waals surface area contributed by atoms with E-state index in [9.17, 15) is 9.59 Å². The highest BCUT2D eigenvalue weighted by atomic mass is 16.2. The Balaban J connectivity index is 2.30. The number of benzene rings is 1. The van der Waals surface area contributed by atoms with Crippen LogP contribution in [-0.2, 0) is 11.2 Å². The van der Waals surface area contributed by atoms with Crippen molar-refractivity contribution in [1.29, 1.82) is 0 Å². The number of likely N-dealkylation sites (N-methyl/N-ethyl adjacent to an activating group) is 1. The van der Waals surface area contributed by atoms with Crippen LogP contribution < -0.4 is 4.90 Å². The molecule has 0 aliphatic carbocycles. The second-order valence-electron chi connectivity index (χ2n) is 3.79. The molecule has 1 aliphatic heterocycles. The Bertz CT molecular complexity index is 546. The van der Waals surface area contributed by atoms with Gasteiger partial charge in [-0.15, -0.1) is 0 Å². The van der Waals surface area contributed by atoms with Gasteiger partial charge in [0.1, 0.15) is 0 Å². The quantitative estimate of drug-likeness (QED) is 0.342. The summed E-state index contributed by atoms with van der Waals surface area (Å²) in [6.07, 6.45) is 0.314. The van der Waals surface area contributed by atoms with Gasteiger partial charge in [0.15, 0.2) is 5.78 Å². The van der Waals surface area contributed by atoms with Crippen LogP contribution in [0.5, 0.6) is 0 Å². The first-order valence-electron chi connectivity index (χ1n) is 5.07. The number of carbonyl (C=O) groups is 2. The van der Waals surface area contributed by atoms with Crippen LogP contribution in [0, 0.1) is 0 Å². The number of hydrogen-bond donors (Lipinski definition) is 0. The number of anilines is 1. The van der Waals surface area contributed by atoms with E-state index in [1.54, 1.807) is 30.1 Å². The zero-order valence-electron chi connectivity index (χ0n) is 9.25. The number of hydrogen-bond acceptors (Lipinski definition) is 3. The molecule has 0 atom stereocenters. The number of fused-ring (bicyclic) bond motifs is 1. The molecule has 2 rings (SSSR count). The van der Waals surface area contributed by atoms with Crippen LogP contribution >= 0.6 is 0 Å². The largest absolute Gasteiger partial charge is 0.315 e. The summed E-state index contributed by atoms with van der Waals surface area (Å²) in [6.45, 7) is -0.195. The zero-order valence-corrected chi connectivity index (χ0v) is 9.25. The molecule has 0 unspecified atom stereocenters. The fourth-order valence-corrected chi connectivity index (χ4v) is 1.83. The fourth-order valence-electron chi connectivity index (χ4n) is 1.83. The van der Waals surface area contributed by atoms with Crippen LogP contribution in [0.15, 0.2) is 23.3 Å². The summed E-state index contributed by atoms with van der Waals surface area (Å²) in [5.41, 5.74) is 10.3. The minimum absolute atomic E-state index is 0.0136. The van der Waals surface area contributed by atoms with Gasteiger partial charge in [-0.1, -0.05) is 5.11 Å². The molecule has 0 spiro atoms. The lowest BCUT2D eigenvalue weighted by molar-refractivity contribution is -0.117. The van der Waals surface area contributed by atoms with Gasteiger partial charge in [-0.25, -0.2) is 0 Å². The summed E-state index contributed by atoms with van der Waals surface area (Å²) in [7, 11) is 1.70. The Labute approximate surface area is 97.5 Å².